The van der Waals surface area contributed by atoms with Crippen molar-refractivity contribution in [2.45, 2.75) is 26.6 Å². The van der Waals surface area contributed by atoms with Crippen LogP contribution in [0, 0.1) is 6.92 Å². The van der Waals surface area contributed by atoms with Crippen LogP contribution in [0.3, 0.4) is 0 Å². The fourth-order valence-corrected chi connectivity index (χ4v) is 3.32. The Bertz CT molecular complexity index is 941. The second kappa shape index (κ2) is 10.2. The number of aryl methyl sites for hydroxylation is 1. The van der Waals surface area contributed by atoms with Crippen LogP contribution < -0.4 is 19.5 Å². The topological polar surface area (TPSA) is 39.7 Å². The SMILES string of the molecule is COc1ccc(CNCc2cc(Cl)c(OCc3ccccc3C)c(OC)c2)cc1. The van der Waals surface area contributed by atoms with E-state index in [-0.39, 0.29) is 0 Å². The number of benzene rings is 3. The smallest absolute Gasteiger partial charge is 0.180 e. The van der Waals surface area contributed by atoms with Crippen molar-refractivity contribution in [3.63, 3.8) is 0 Å². The van der Waals surface area contributed by atoms with E-state index in [0.29, 0.717) is 29.7 Å². The van der Waals surface area contributed by atoms with Crippen molar-refractivity contribution in [3.05, 3.63) is 87.9 Å². The van der Waals surface area contributed by atoms with E-state index in [2.05, 4.69) is 18.3 Å². The molecule has 0 saturated carbocycles. The predicted molar refractivity (Wildman–Crippen MR) is 117 cm³/mol. The zero-order chi connectivity index (χ0) is 20.6. The summed E-state index contributed by atoms with van der Waals surface area (Å²) in [5.74, 6) is 2.05. The third-order valence-electron chi connectivity index (χ3n) is 4.74. The maximum absolute atomic E-state index is 6.50. The first-order chi connectivity index (χ1) is 14.1. The van der Waals surface area contributed by atoms with Crippen molar-refractivity contribution in [1.29, 1.82) is 0 Å². The van der Waals surface area contributed by atoms with Crippen LogP contribution in [-0.2, 0) is 19.7 Å². The molecule has 3 aromatic rings. The van der Waals surface area contributed by atoms with Crippen LogP contribution in [0.1, 0.15) is 22.3 Å². The lowest BCUT2D eigenvalue weighted by molar-refractivity contribution is 0.284. The van der Waals surface area contributed by atoms with E-state index in [1.54, 1.807) is 14.2 Å². The predicted octanol–water partition coefficient (Wildman–Crippen LogP) is 5.53. The van der Waals surface area contributed by atoms with Crippen LogP contribution in [0.15, 0.2) is 60.7 Å². The van der Waals surface area contributed by atoms with E-state index in [1.165, 1.54) is 11.1 Å². The molecule has 5 heteroatoms. The molecule has 3 rings (SSSR count). The lowest BCUT2D eigenvalue weighted by Gasteiger charge is -2.15. The fourth-order valence-electron chi connectivity index (χ4n) is 3.03. The molecule has 0 aliphatic rings. The highest BCUT2D eigenvalue weighted by Gasteiger charge is 2.13. The minimum Gasteiger partial charge on any atom is -0.497 e. The van der Waals surface area contributed by atoms with E-state index in [1.807, 2.05) is 54.6 Å². The van der Waals surface area contributed by atoms with Gasteiger partial charge in [-0.05, 0) is 53.4 Å². The van der Waals surface area contributed by atoms with Gasteiger partial charge in [0.2, 0.25) is 0 Å². The second-order valence-corrected chi connectivity index (χ2v) is 7.18. The van der Waals surface area contributed by atoms with Crippen LogP contribution in [-0.4, -0.2) is 14.2 Å². The highest BCUT2D eigenvalue weighted by Crippen LogP contribution is 2.37. The third kappa shape index (κ3) is 5.66. The Morgan fingerprint density at radius 3 is 2.28 bits per heavy atom. The zero-order valence-corrected chi connectivity index (χ0v) is 17.8. The van der Waals surface area contributed by atoms with Crippen LogP contribution in [0.25, 0.3) is 0 Å². The Balaban J connectivity index is 1.63. The zero-order valence-electron chi connectivity index (χ0n) is 17.0. The second-order valence-electron chi connectivity index (χ2n) is 6.78. The number of rotatable bonds is 9. The molecular weight excluding hydrogens is 386 g/mol. The number of hydrogen-bond donors (Lipinski definition) is 1. The highest BCUT2D eigenvalue weighted by atomic mass is 35.5. The average molecular weight is 412 g/mol. The monoisotopic (exact) mass is 411 g/mol. The van der Waals surface area contributed by atoms with Gasteiger partial charge in [0.25, 0.3) is 0 Å². The quantitative estimate of drug-likeness (QED) is 0.502. The molecule has 0 bridgehead atoms. The van der Waals surface area contributed by atoms with Gasteiger partial charge in [-0.1, -0.05) is 48.0 Å². The molecule has 0 spiro atoms. The van der Waals surface area contributed by atoms with Gasteiger partial charge in [-0.25, -0.2) is 0 Å². The lowest BCUT2D eigenvalue weighted by atomic mass is 10.1. The Hall–Kier alpha value is -2.69. The van der Waals surface area contributed by atoms with Gasteiger partial charge < -0.3 is 19.5 Å². The van der Waals surface area contributed by atoms with Crippen molar-refractivity contribution in [2.75, 3.05) is 14.2 Å². The van der Waals surface area contributed by atoms with E-state index in [0.717, 1.165) is 23.4 Å². The van der Waals surface area contributed by atoms with E-state index < -0.39 is 0 Å². The summed E-state index contributed by atoms with van der Waals surface area (Å²) in [4.78, 5) is 0. The summed E-state index contributed by atoms with van der Waals surface area (Å²) in [5.41, 5.74) is 4.52. The molecule has 0 fully saturated rings. The molecule has 0 aliphatic heterocycles. The van der Waals surface area contributed by atoms with Gasteiger partial charge in [0.15, 0.2) is 11.5 Å². The van der Waals surface area contributed by atoms with E-state index in [9.17, 15) is 0 Å². The summed E-state index contributed by atoms with van der Waals surface area (Å²) in [5, 5.41) is 3.96. The Labute approximate surface area is 177 Å². The maximum atomic E-state index is 6.50. The Morgan fingerprint density at radius 2 is 1.59 bits per heavy atom. The molecule has 29 heavy (non-hydrogen) atoms. The molecule has 0 saturated heterocycles. The number of nitrogens with one attached hydrogen (secondary N) is 1. The molecule has 0 atom stereocenters. The first kappa shape index (κ1) is 21.0. The normalized spacial score (nSPS) is 10.6. The summed E-state index contributed by atoms with van der Waals surface area (Å²) in [6, 6.07) is 20.0. The molecule has 0 aliphatic carbocycles. The molecule has 0 heterocycles. The van der Waals surface area contributed by atoms with Crippen LogP contribution >= 0.6 is 11.6 Å². The molecule has 0 radical (unpaired) electrons. The van der Waals surface area contributed by atoms with Gasteiger partial charge in [0.1, 0.15) is 12.4 Å². The summed E-state index contributed by atoms with van der Waals surface area (Å²) in [6.07, 6.45) is 0. The number of methoxy groups -OCH3 is 2. The molecule has 0 amide bonds. The first-order valence-corrected chi connectivity index (χ1v) is 9.86. The van der Waals surface area contributed by atoms with Gasteiger partial charge in [-0.15, -0.1) is 0 Å². The van der Waals surface area contributed by atoms with Gasteiger partial charge in [0, 0.05) is 13.1 Å². The lowest BCUT2D eigenvalue weighted by Crippen LogP contribution is -2.13. The van der Waals surface area contributed by atoms with Crippen molar-refractivity contribution in [1.82, 2.24) is 5.32 Å². The van der Waals surface area contributed by atoms with Gasteiger partial charge in [-0.3, -0.25) is 0 Å². The molecule has 0 unspecified atom stereocenters. The number of ether oxygens (including phenoxy) is 3. The molecule has 4 nitrogen and oxygen atoms in total. The molecule has 3 aromatic carbocycles. The minimum atomic E-state index is 0.442. The van der Waals surface area contributed by atoms with Crippen LogP contribution in [0.4, 0.5) is 0 Å². The Morgan fingerprint density at radius 1 is 0.862 bits per heavy atom. The highest BCUT2D eigenvalue weighted by molar-refractivity contribution is 6.32. The van der Waals surface area contributed by atoms with Crippen LogP contribution in [0.5, 0.6) is 17.2 Å². The van der Waals surface area contributed by atoms with Crippen molar-refractivity contribution >= 4 is 11.6 Å². The third-order valence-corrected chi connectivity index (χ3v) is 5.02. The minimum absolute atomic E-state index is 0.442. The summed E-state index contributed by atoms with van der Waals surface area (Å²) in [6.45, 7) is 3.92. The van der Waals surface area contributed by atoms with Gasteiger partial charge in [-0.2, -0.15) is 0 Å². The molecule has 0 aromatic heterocycles. The largest absolute Gasteiger partial charge is 0.497 e. The van der Waals surface area contributed by atoms with Gasteiger partial charge in [0.05, 0.1) is 19.2 Å². The summed E-state index contributed by atoms with van der Waals surface area (Å²) < 4.78 is 16.7. The van der Waals surface area contributed by atoms with Gasteiger partial charge >= 0.3 is 0 Å². The first-order valence-electron chi connectivity index (χ1n) is 9.48. The average Bonchev–Trinajstić information content (AvgIpc) is 2.74. The summed E-state index contributed by atoms with van der Waals surface area (Å²) >= 11 is 6.50. The van der Waals surface area contributed by atoms with E-state index in [4.69, 9.17) is 25.8 Å². The maximum Gasteiger partial charge on any atom is 0.180 e. The number of hydrogen-bond acceptors (Lipinski definition) is 4. The van der Waals surface area contributed by atoms with E-state index >= 15 is 0 Å². The fraction of sp³-hybridized carbons (Fsp3) is 0.250. The Kier molecular flexibility index (Phi) is 7.39. The molecular formula is C24H26ClNO3. The standard InChI is InChI=1S/C24H26ClNO3/c1-17-6-4-5-7-20(17)16-29-24-22(25)12-19(13-23(24)28-3)15-26-14-18-8-10-21(27-2)11-9-18/h4-13,26H,14-16H2,1-3H3. The van der Waals surface area contributed by atoms with Crippen molar-refractivity contribution < 1.29 is 14.2 Å². The summed E-state index contributed by atoms with van der Waals surface area (Å²) in [7, 11) is 3.29. The number of halogens is 1. The van der Waals surface area contributed by atoms with Crippen molar-refractivity contribution in [2.24, 2.45) is 0 Å². The molecule has 152 valence electrons. The molecule has 1 N–H and O–H groups in total. The van der Waals surface area contributed by atoms with Crippen molar-refractivity contribution in [3.8, 4) is 17.2 Å². The van der Waals surface area contributed by atoms with Crippen LogP contribution in [0.2, 0.25) is 5.02 Å².